The molecule has 0 N–H and O–H groups in total. The highest BCUT2D eigenvalue weighted by atomic mass is 16.5. The van der Waals surface area contributed by atoms with E-state index in [0.717, 1.165) is 19.7 Å². The summed E-state index contributed by atoms with van der Waals surface area (Å²) in [7, 11) is 1.76. The first-order chi connectivity index (χ1) is 8.70. The number of carbonyl (C=O) groups is 1. The Labute approximate surface area is 108 Å². The van der Waals surface area contributed by atoms with Crippen LogP contribution in [0.2, 0.25) is 0 Å². The van der Waals surface area contributed by atoms with Gasteiger partial charge >= 0.3 is 0 Å². The summed E-state index contributed by atoms with van der Waals surface area (Å²) < 4.78 is 5.34. The molecule has 2 fully saturated rings. The van der Waals surface area contributed by atoms with Gasteiger partial charge in [0.1, 0.15) is 0 Å². The van der Waals surface area contributed by atoms with E-state index in [0.29, 0.717) is 11.8 Å². The maximum atomic E-state index is 11.5. The minimum absolute atomic E-state index is 0.156. The van der Waals surface area contributed by atoms with Gasteiger partial charge in [-0.2, -0.15) is 0 Å². The molecule has 96 valence electrons. The van der Waals surface area contributed by atoms with Crippen molar-refractivity contribution in [2.45, 2.75) is 12.3 Å². The van der Waals surface area contributed by atoms with Crippen molar-refractivity contribution in [3.05, 3.63) is 35.9 Å². The van der Waals surface area contributed by atoms with E-state index in [1.165, 1.54) is 5.56 Å². The molecule has 1 saturated carbocycles. The number of likely N-dealkylation sites (tertiary alicyclic amines) is 1. The number of methoxy groups -OCH3 is 1. The number of nitrogens with zero attached hydrogens (tertiary/aromatic N) is 1. The number of amides is 1. The van der Waals surface area contributed by atoms with Gasteiger partial charge in [-0.1, -0.05) is 30.3 Å². The first-order valence-corrected chi connectivity index (χ1v) is 6.50. The molecule has 1 aromatic carbocycles. The Morgan fingerprint density at radius 3 is 2.78 bits per heavy atom. The van der Waals surface area contributed by atoms with Crippen LogP contribution in [0.5, 0.6) is 0 Å². The minimum atomic E-state index is 0.156. The molecule has 0 radical (unpaired) electrons. The van der Waals surface area contributed by atoms with E-state index in [2.05, 4.69) is 24.3 Å². The second kappa shape index (κ2) is 4.09. The van der Waals surface area contributed by atoms with Gasteiger partial charge in [0, 0.05) is 32.5 Å². The highest BCUT2D eigenvalue weighted by molar-refractivity contribution is 5.74. The molecule has 0 aromatic heterocycles. The number of rotatable bonds is 3. The second-order valence-corrected chi connectivity index (χ2v) is 5.47. The van der Waals surface area contributed by atoms with Crippen molar-refractivity contribution >= 4 is 5.91 Å². The SMILES string of the molecule is COCC1C2CN(C(C)=O)CC12c1ccccc1. The lowest BCUT2D eigenvalue weighted by Gasteiger charge is -2.23. The van der Waals surface area contributed by atoms with Gasteiger partial charge in [-0.05, 0) is 17.4 Å². The van der Waals surface area contributed by atoms with E-state index in [9.17, 15) is 4.79 Å². The van der Waals surface area contributed by atoms with Crippen LogP contribution in [-0.4, -0.2) is 37.6 Å². The molecule has 1 amide bonds. The van der Waals surface area contributed by atoms with Crippen molar-refractivity contribution in [1.82, 2.24) is 4.90 Å². The van der Waals surface area contributed by atoms with Gasteiger partial charge in [-0.25, -0.2) is 0 Å². The molecule has 3 rings (SSSR count). The second-order valence-electron chi connectivity index (χ2n) is 5.47. The minimum Gasteiger partial charge on any atom is -0.384 e. The van der Waals surface area contributed by atoms with Gasteiger partial charge in [0.25, 0.3) is 0 Å². The Morgan fingerprint density at radius 2 is 2.17 bits per heavy atom. The number of ether oxygens (including phenoxy) is 1. The Hall–Kier alpha value is -1.35. The molecular formula is C15H19NO2. The van der Waals surface area contributed by atoms with Crippen molar-refractivity contribution in [2.24, 2.45) is 11.8 Å². The lowest BCUT2D eigenvalue weighted by atomic mass is 9.93. The summed E-state index contributed by atoms with van der Waals surface area (Å²) in [6, 6.07) is 10.6. The molecule has 3 nitrogen and oxygen atoms in total. The normalized spacial score (nSPS) is 33.3. The van der Waals surface area contributed by atoms with E-state index in [1.807, 2.05) is 11.0 Å². The van der Waals surface area contributed by atoms with Gasteiger partial charge in [0.15, 0.2) is 0 Å². The van der Waals surface area contributed by atoms with Crippen LogP contribution in [0.1, 0.15) is 12.5 Å². The van der Waals surface area contributed by atoms with E-state index in [4.69, 9.17) is 4.74 Å². The van der Waals surface area contributed by atoms with Gasteiger partial charge in [-0.15, -0.1) is 0 Å². The maximum Gasteiger partial charge on any atom is 0.219 e. The lowest BCUT2D eigenvalue weighted by molar-refractivity contribution is -0.128. The third kappa shape index (κ3) is 1.50. The predicted molar refractivity (Wildman–Crippen MR) is 69.2 cm³/mol. The van der Waals surface area contributed by atoms with Crippen LogP contribution >= 0.6 is 0 Å². The fraction of sp³-hybridized carbons (Fsp3) is 0.533. The lowest BCUT2D eigenvalue weighted by Crippen LogP contribution is -2.33. The van der Waals surface area contributed by atoms with Crippen LogP contribution in [0.3, 0.4) is 0 Å². The van der Waals surface area contributed by atoms with Crippen LogP contribution in [0, 0.1) is 11.8 Å². The molecule has 0 bridgehead atoms. The maximum absolute atomic E-state index is 11.5. The van der Waals surface area contributed by atoms with Crippen molar-refractivity contribution < 1.29 is 9.53 Å². The summed E-state index contributed by atoms with van der Waals surface area (Å²) >= 11 is 0. The van der Waals surface area contributed by atoms with E-state index < -0.39 is 0 Å². The van der Waals surface area contributed by atoms with Gasteiger partial charge < -0.3 is 9.64 Å². The zero-order chi connectivity index (χ0) is 12.8. The molecule has 1 aromatic rings. The first kappa shape index (κ1) is 11.7. The van der Waals surface area contributed by atoms with Crippen molar-refractivity contribution in [2.75, 3.05) is 26.8 Å². The Balaban J connectivity index is 1.90. The number of hydrogen-bond acceptors (Lipinski definition) is 2. The molecule has 0 spiro atoms. The summed E-state index contributed by atoms with van der Waals surface area (Å²) in [5, 5.41) is 0. The number of fused-ring (bicyclic) bond motifs is 1. The van der Waals surface area contributed by atoms with Crippen LogP contribution < -0.4 is 0 Å². The van der Waals surface area contributed by atoms with Crippen LogP contribution in [-0.2, 0) is 14.9 Å². The van der Waals surface area contributed by atoms with E-state index in [-0.39, 0.29) is 11.3 Å². The summed E-state index contributed by atoms with van der Waals surface area (Å²) in [4.78, 5) is 13.5. The van der Waals surface area contributed by atoms with E-state index in [1.54, 1.807) is 14.0 Å². The molecule has 2 aliphatic rings. The first-order valence-electron chi connectivity index (χ1n) is 6.50. The Morgan fingerprint density at radius 1 is 1.44 bits per heavy atom. The Bertz CT molecular complexity index is 459. The molecule has 3 unspecified atom stereocenters. The molecule has 18 heavy (non-hydrogen) atoms. The van der Waals surface area contributed by atoms with Gasteiger partial charge in [0.2, 0.25) is 5.91 Å². The fourth-order valence-corrected chi connectivity index (χ4v) is 3.70. The van der Waals surface area contributed by atoms with Gasteiger partial charge in [-0.3, -0.25) is 4.79 Å². The Kier molecular flexibility index (Phi) is 2.67. The smallest absolute Gasteiger partial charge is 0.219 e. The summed E-state index contributed by atoms with van der Waals surface area (Å²) in [6.07, 6.45) is 0. The number of carbonyl (C=O) groups excluding carboxylic acids is 1. The zero-order valence-corrected chi connectivity index (χ0v) is 10.9. The third-order valence-corrected chi connectivity index (χ3v) is 4.67. The summed E-state index contributed by atoms with van der Waals surface area (Å²) in [6.45, 7) is 4.20. The standard InChI is InChI=1S/C15H19NO2/c1-11(17)16-8-13-14(9-18-2)15(13,10-16)12-6-4-3-5-7-12/h3-7,13-14H,8-10H2,1-2H3. The topological polar surface area (TPSA) is 29.5 Å². The van der Waals surface area contributed by atoms with Crippen molar-refractivity contribution in [3.8, 4) is 0 Å². The summed E-state index contributed by atoms with van der Waals surface area (Å²) in [5.41, 5.74) is 1.52. The van der Waals surface area contributed by atoms with Crippen LogP contribution in [0.25, 0.3) is 0 Å². The highest BCUT2D eigenvalue weighted by Gasteiger charge is 2.69. The quantitative estimate of drug-likeness (QED) is 0.811. The molecule has 1 saturated heterocycles. The fourth-order valence-electron chi connectivity index (χ4n) is 3.70. The zero-order valence-electron chi connectivity index (χ0n) is 10.9. The number of hydrogen-bond donors (Lipinski definition) is 0. The average Bonchev–Trinajstić information content (AvgIpc) is 2.81. The molecule has 3 heteroatoms. The molecule has 1 aliphatic heterocycles. The molecule has 3 atom stereocenters. The van der Waals surface area contributed by atoms with Crippen LogP contribution in [0.15, 0.2) is 30.3 Å². The monoisotopic (exact) mass is 245 g/mol. The van der Waals surface area contributed by atoms with Crippen molar-refractivity contribution in [1.29, 1.82) is 0 Å². The number of benzene rings is 1. The molecule has 1 aliphatic carbocycles. The molecule has 1 heterocycles. The number of piperidine rings is 1. The van der Waals surface area contributed by atoms with E-state index >= 15 is 0 Å². The predicted octanol–water partition coefficient (Wildman–Crippen LogP) is 1.68. The molecular weight excluding hydrogens is 226 g/mol. The largest absolute Gasteiger partial charge is 0.384 e. The third-order valence-electron chi connectivity index (χ3n) is 4.67. The van der Waals surface area contributed by atoms with Crippen molar-refractivity contribution in [3.63, 3.8) is 0 Å². The average molecular weight is 245 g/mol. The van der Waals surface area contributed by atoms with Gasteiger partial charge in [0.05, 0.1) is 6.61 Å². The van der Waals surface area contributed by atoms with Crippen LogP contribution in [0.4, 0.5) is 0 Å². The summed E-state index contributed by atoms with van der Waals surface area (Å²) in [5.74, 6) is 1.33. The highest BCUT2D eigenvalue weighted by Crippen LogP contribution is 2.64.